The van der Waals surface area contributed by atoms with Crippen molar-refractivity contribution in [2.45, 2.75) is 19.8 Å². The fourth-order valence-electron chi connectivity index (χ4n) is 1.19. The number of hydrogen-bond donors (Lipinski definition) is 1. The van der Waals surface area contributed by atoms with Gasteiger partial charge in [-0.1, -0.05) is 0 Å². The van der Waals surface area contributed by atoms with Crippen LogP contribution in [0.1, 0.15) is 23.2 Å². The second-order valence-electron chi connectivity index (χ2n) is 2.83. The maximum absolute atomic E-state index is 12.6. The van der Waals surface area contributed by atoms with Crippen molar-refractivity contribution in [3.05, 3.63) is 23.0 Å². The summed E-state index contributed by atoms with van der Waals surface area (Å²) in [7, 11) is 0. The van der Waals surface area contributed by atoms with E-state index in [1.54, 1.807) is 6.07 Å². The van der Waals surface area contributed by atoms with Gasteiger partial charge in [0.05, 0.1) is 30.1 Å². The normalized spacial score (nSPS) is 10.2. The van der Waals surface area contributed by atoms with Crippen LogP contribution in [0, 0.1) is 18.3 Å². The van der Waals surface area contributed by atoms with Crippen LogP contribution in [0.5, 0.6) is 0 Å². The van der Waals surface area contributed by atoms with Crippen LogP contribution >= 0.6 is 0 Å². The lowest BCUT2D eigenvalue weighted by Gasteiger charge is -2.10. The van der Waals surface area contributed by atoms with E-state index < -0.39 is 6.43 Å². The molecule has 0 aliphatic carbocycles. The van der Waals surface area contributed by atoms with Crippen LogP contribution in [0.2, 0.25) is 0 Å². The Hall–Kier alpha value is -1.70. The largest absolute Gasteiger partial charge is 0.397 e. The Morgan fingerprint density at radius 2 is 2.29 bits per heavy atom. The van der Waals surface area contributed by atoms with Gasteiger partial charge in [0.2, 0.25) is 0 Å². The van der Waals surface area contributed by atoms with Crippen LogP contribution in [-0.2, 0) is 6.42 Å². The molecular formula is C9H9F2N3. The summed E-state index contributed by atoms with van der Waals surface area (Å²) in [6, 6.07) is 1.79. The standard InChI is InChI=1S/C9H9F2N3/c1-5-6(13)4-14-7(2-3-12)8(5)9(10)11/h4,9H,2,13H2,1H3. The molecule has 74 valence electrons. The third-order valence-electron chi connectivity index (χ3n) is 1.97. The van der Waals surface area contributed by atoms with E-state index in [1.807, 2.05) is 0 Å². The van der Waals surface area contributed by atoms with Crippen molar-refractivity contribution in [2.24, 2.45) is 0 Å². The fraction of sp³-hybridized carbons (Fsp3) is 0.333. The zero-order valence-corrected chi connectivity index (χ0v) is 7.59. The van der Waals surface area contributed by atoms with Crippen molar-refractivity contribution in [3.63, 3.8) is 0 Å². The van der Waals surface area contributed by atoms with Crippen LogP contribution in [0.15, 0.2) is 6.20 Å². The molecule has 5 heteroatoms. The maximum atomic E-state index is 12.6. The molecule has 0 amide bonds. The number of halogens is 2. The first kappa shape index (κ1) is 10.4. The van der Waals surface area contributed by atoms with Crippen molar-refractivity contribution < 1.29 is 8.78 Å². The second kappa shape index (κ2) is 4.01. The quantitative estimate of drug-likeness (QED) is 0.788. The van der Waals surface area contributed by atoms with Crippen molar-refractivity contribution >= 4 is 5.69 Å². The molecule has 0 radical (unpaired) electrons. The summed E-state index contributed by atoms with van der Waals surface area (Å²) in [6.45, 7) is 1.50. The number of rotatable bonds is 2. The third-order valence-corrected chi connectivity index (χ3v) is 1.97. The first-order valence-electron chi connectivity index (χ1n) is 3.96. The predicted octanol–water partition coefficient (Wildman–Crippen LogP) is 1.98. The number of nitrogens with two attached hydrogens (primary N) is 1. The van der Waals surface area contributed by atoms with Gasteiger partial charge in [0.25, 0.3) is 6.43 Å². The number of pyridine rings is 1. The molecule has 1 aromatic heterocycles. The van der Waals surface area contributed by atoms with E-state index in [1.165, 1.54) is 13.1 Å². The topological polar surface area (TPSA) is 62.7 Å². The minimum Gasteiger partial charge on any atom is -0.397 e. The first-order chi connectivity index (χ1) is 6.57. The van der Waals surface area contributed by atoms with Gasteiger partial charge < -0.3 is 5.73 Å². The molecule has 0 aromatic carbocycles. The summed E-state index contributed by atoms with van der Waals surface area (Å²) in [5, 5.41) is 8.42. The third kappa shape index (κ3) is 1.79. The Morgan fingerprint density at radius 1 is 1.64 bits per heavy atom. The first-order valence-corrected chi connectivity index (χ1v) is 3.96. The van der Waals surface area contributed by atoms with Gasteiger partial charge in [-0.15, -0.1) is 0 Å². The Morgan fingerprint density at radius 3 is 2.79 bits per heavy atom. The zero-order valence-electron chi connectivity index (χ0n) is 7.59. The summed E-state index contributed by atoms with van der Waals surface area (Å²) >= 11 is 0. The van der Waals surface area contributed by atoms with E-state index in [4.69, 9.17) is 11.0 Å². The number of anilines is 1. The van der Waals surface area contributed by atoms with E-state index in [0.29, 0.717) is 5.56 Å². The van der Waals surface area contributed by atoms with Gasteiger partial charge in [0.1, 0.15) is 0 Å². The summed E-state index contributed by atoms with van der Waals surface area (Å²) < 4.78 is 25.2. The number of hydrogen-bond acceptors (Lipinski definition) is 3. The van der Waals surface area contributed by atoms with Crippen LogP contribution < -0.4 is 5.73 Å². The molecule has 1 aromatic rings. The molecule has 0 unspecified atom stereocenters. The van der Waals surface area contributed by atoms with E-state index in [9.17, 15) is 8.78 Å². The van der Waals surface area contributed by atoms with Crippen molar-refractivity contribution in [1.29, 1.82) is 5.26 Å². The van der Waals surface area contributed by atoms with Gasteiger partial charge in [-0.05, 0) is 12.5 Å². The zero-order chi connectivity index (χ0) is 10.7. The highest BCUT2D eigenvalue weighted by Crippen LogP contribution is 2.28. The molecule has 14 heavy (non-hydrogen) atoms. The highest BCUT2D eigenvalue weighted by atomic mass is 19.3. The summed E-state index contributed by atoms with van der Waals surface area (Å²) in [5.41, 5.74) is 5.86. The monoisotopic (exact) mass is 197 g/mol. The molecule has 0 spiro atoms. The fourth-order valence-corrected chi connectivity index (χ4v) is 1.19. The number of nitrogens with zero attached hydrogens (tertiary/aromatic N) is 2. The molecule has 0 saturated carbocycles. The van der Waals surface area contributed by atoms with E-state index >= 15 is 0 Å². The van der Waals surface area contributed by atoms with Gasteiger partial charge in [0.15, 0.2) is 0 Å². The van der Waals surface area contributed by atoms with E-state index in [0.717, 1.165) is 0 Å². The lowest BCUT2D eigenvalue weighted by atomic mass is 10.1. The maximum Gasteiger partial charge on any atom is 0.265 e. The molecular weight excluding hydrogens is 188 g/mol. The van der Waals surface area contributed by atoms with Crippen LogP contribution in [0.3, 0.4) is 0 Å². The average Bonchev–Trinajstić information content (AvgIpc) is 2.11. The highest BCUT2D eigenvalue weighted by Gasteiger charge is 2.18. The number of alkyl halides is 2. The van der Waals surface area contributed by atoms with Crippen molar-refractivity contribution in [2.75, 3.05) is 5.73 Å². The SMILES string of the molecule is Cc1c(N)cnc(CC#N)c1C(F)F. The molecule has 1 heterocycles. The van der Waals surface area contributed by atoms with Crippen molar-refractivity contribution in [1.82, 2.24) is 4.98 Å². The Bertz CT molecular complexity index is 382. The van der Waals surface area contributed by atoms with Gasteiger partial charge in [-0.25, -0.2) is 8.78 Å². The molecule has 3 nitrogen and oxygen atoms in total. The molecule has 0 aliphatic rings. The molecule has 0 bridgehead atoms. The Balaban J connectivity index is 3.31. The number of aromatic nitrogens is 1. The molecule has 0 saturated heterocycles. The second-order valence-corrected chi connectivity index (χ2v) is 2.83. The molecule has 2 N–H and O–H groups in total. The van der Waals surface area contributed by atoms with Crippen LogP contribution in [-0.4, -0.2) is 4.98 Å². The van der Waals surface area contributed by atoms with E-state index in [-0.39, 0.29) is 23.4 Å². The van der Waals surface area contributed by atoms with E-state index in [2.05, 4.69) is 4.98 Å². The smallest absolute Gasteiger partial charge is 0.265 e. The Kier molecular flexibility index (Phi) is 2.97. The summed E-state index contributed by atoms with van der Waals surface area (Å²) in [4.78, 5) is 3.72. The number of nitrogen functional groups attached to an aromatic ring is 1. The molecule has 1 rings (SSSR count). The van der Waals surface area contributed by atoms with Crippen LogP contribution in [0.25, 0.3) is 0 Å². The van der Waals surface area contributed by atoms with Crippen LogP contribution in [0.4, 0.5) is 14.5 Å². The van der Waals surface area contributed by atoms with Crippen molar-refractivity contribution in [3.8, 4) is 6.07 Å². The summed E-state index contributed by atoms with van der Waals surface area (Å²) in [5.74, 6) is 0. The number of nitriles is 1. The van der Waals surface area contributed by atoms with Gasteiger partial charge in [-0.3, -0.25) is 4.98 Å². The molecule has 0 fully saturated rings. The van der Waals surface area contributed by atoms with Gasteiger partial charge in [-0.2, -0.15) is 5.26 Å². The Labute approximate surface area is 80.2 Å². The summed E-state index contributed by atoms with van der Waals surface area (Å²) in [6.07, 6.45) is -1.47. The minimum atomic E-state index is -2.64. The molecule has 0 aliphatic heterocycles. The molecule has 0 atom stereocenters. The van der Waals surface area contributed by atoms with Gasteiger partial charge in [0, 0.05) is 5.56 Å². The predicted molar refractivity (Wildman–Crippen MR) is 47.7 cm³/mol. The highest BCUT2D eigenvalue weighted by molar-refractivity contribution is 5.50. The van der Waals surface area contributed by atoms with Gasteiger partial charge >= 0.3 is 0 Å². The average molecular weight is 197 g/mol. The lowest BCUT2D eigenvalue weighted by Crippen LogP contribution is -2.04. The minimum absolute atomic E-state index is 0.106. The lowest BCUT2D eigenvalue weighted by molar-refractivity contribution is 0.149.